The Balaban J connectivity index is 1.77. The van der Waals surface area contributed by atoms with Gasteiger partial charge in [0.1, 0.15) is 0 Å². The average Bonchev–Trinajstić information content (AvgIpc) is 2.74. The van der Waals surface area contributed by atoms with Gasteiger partial charge < -0.3 is 14.9 Å². The molecule has 2 heterocycles. The molecule has 1 aromatic heterocycles. The molecular weight excluding hydrogens is 252 g/mol. The molecule has 0 aromatic carbocycles. The number of likely N-dealkylation sites (tertiary alicyclic amines) is 1. The first kappa shape index (κ1) is 12.9. The Labute approximate surface area is 110 Å². The summed E-state index contributed by atoms with van der Waals surface area (Å²) in [6.45, 7) is 1.71. The Hall–Kier alpha value is -1.56. The van der Waals surface area contributed by atoms with Crippen molar-refractivity contribution in [2.75, 3.05) is 20.1 Å². The fourth-order valence-electron chi connectivity index (χ4n) is 2.07. The van der Waals surface area contributed by atoms with Crippen LogP contribution in [0, 0.1) is 5.92 Å². The summed E-state index contributed by atoms with van der Waals surface area (Å²) < 4.78 is 0. The smallest absolute Gasteiger partial charge is 0.320 e. The molecule has 1 aromatic rings. The normalized spacial score (nSPS) is 15.3. The average molecular weight is 268 g/mol. The van der Waals surface area contributed by atoms with E-state index < -0.39 is 5.97 Å². The van der Waals surface area contributed by atoms with Gasteiger partial charge in [-0.15, -0.1) is 0 Å². The van der Waals surface area contributed by atoms with E-state index >= 15 is 0 Å². The summed E-state index contributed by atoms with van der Waals surface area (Å²) in [6.07, 6.45) is 0.151. The van der Waals surface area contributed by atoms with Crippen LogP contribution in [0.4, 0.5) is 4.79 Å². The molecule has 1 saturated heterocycles. The second-order valence-corrected chi connectivity index (χ2v) is 5.42. The first-order valence-corrected chi connectivity index (χ1v) is 6.73. The van der Waals surface area contributed by atoms with Crippen LogP contribution in [0.2, 0.25) is 0 Å². The Morgan fingerprint density at radius 2 is 2.28 bits per heavy atom. The summed E-state index contributed by atoms with van der Waals surface area (Å²) in [5.74, 6) is -0.681. The van der Waals surface area contributed by atoms with Crippen LogP contribution in [0.15, 0.2) is 16.8 Å². The van der Waals surface area contributed by atoms with Gasteiger partial charge in [0.25, 0.3) is 0 Å². The van der Waals surface area contributed by atoms with Crippen molar-refractivity contribution in [1.29, 1.82) is 0 Å². The van der Waals surface area contributed by atoms with E-state index in [4.69, 9.17) is 5.11 Å². The van der Waals surface area contributed by atoms with E-state index in [1.54, 1.807) is 28.2 Å². The van der Waals surface area contributed by atoms with Crippen molar-refractivity contribution >= 4 is 23.3 Å². The molecule has 0 aliphatic carbocycles. The number of aliphatic carboxylic acids is 1. The van der Waals surface area contributed by atoms with Gasteiger partial charge >= 0.3 is 12.0 Å². The highest BCUT2D eigenvalue weighted by Crippen LogP contribution is 2.21. The van der Waals surface area contributed by atoms with E-state index in [1.807, 2.05) is 16.8 Å². The molecule has 0 spiro atoms. The lowest BCUT2D eigenvalue weighted by Crippen LogP contribution is -2.54. The number of hydrogen-bond donors (Lipinski definition) is 1. The molecule has 1 aliphatic heterocycles. The van der Waals surface area contributed by atoms with Crippen LogP contribution >= 0.6 is 11.3 Å². The van der Waals surface area contributed by atoms with Crippen molar-refractivity contribution in [2.45, 2.75) is 13.0 Å². The molecule has 1 aliphatic rings. The molecular formula is C12H16N2O3S. The second-order valence-electron chi connectivity index (χ2n) is 4.64. The summed E-state index contributed by atoms with van der Waals surface area (Å²) in [6, 6.07) is 1.97. The summed E-state index contributed by atoms with van der Waals surface area (Å²) in [7, 11) is 1.77. The number of urea groups is 1. The van der Waals surface area contributed by atoms with Gasteiger partial charge in [0.15, 0.2) is 0 Å². The topological polar surface area (TPSA) is 60.9 Å². The maximum atomic E-state index is 12.0. The monoisotopic (exact) mass is 268 g/mol. The number of carboxylic acid groups (broad SMARTS) is 1. The van der Waals surface area contributed by atoms with Crippen LogP contribution in [0.25, 0.3) is 0 Å². The number of hydrogen-bond acceptors (Lipinski definition) is 3. The zero-order valence-electron chi connectivity index (χ0n) is 10.2. The Kier molecular flexibility index (Phi) is 3.86. The summed E-state index contributed by atoms with van der Waals surface area (Å²) in [4.78, 5) is 25.9. The predicted octanol–water partition coefficient (Wildman–Crippen LogP) is 1.71. The molecule has 18 heavy (non-hydrogen) atoms. The zero-order valence-corrected chi connectivity index (χ0v) is 11.0. The first-order valence-electron chi connectivity index (χ1n) is 5.79. The first-order chi connectivity index (χ1) is 8.56. The van der Waals surface area contributed by atoms with Gasteiger partial charge in [0.2, 0.25) is 0 Å². The minimum atomic E-state index is -0.793. The van der Waals surface area contributed by atoms with Crippen molar-refractivity contribution in [1.82, 2.24) is 9.80 Å². The van der Waals surface area contributed by atoms with Crippen molar-refractivity contribution in [3.8, 4) is 0 Å². The van der Waals surface area contributed by atoms with Gasteiger partial charge in [-0.1, -0.05) is 0 Å². The van der Waals surface area contributed by atoms with Crippen molar-refractivity contribution < 1.29 is 14.7 Å². The number of amides is 2. The molecule has 0 unspecified atom stereocenters. The molecule has 0 radical (unpaired) electrons. The van der Waals surface area contributed by atoms with Gasteiger partial charge in [-0.2, -0.15) is 11.3 Å². The van der Waals surface area contributed by atoms with Crippen LogP contribution < -0.4 is 0 Å². The molecule has 0 atom stereocenters. The SMILES string of the molecule is CN(Cc1ccsc1)C(=O)N1CC(CC(=O)O)C1. The highest BCUT2D eigenvalue weighted by atomic mass is 32.1. The number of nitrogens with zero attached hydrogens (tertiary/aromatic N) is 2. The van der Waals surface area contributed by atoms with Crippen LogP contribution in [0.5, 0.6) is 0 Å². The molecule has 5 nitrogen and oxygen atoms in total. The van der Waals surface area contributed by atoms with Crippen LogP contribution in [-0.4, -0.2) is 47.0 Å². The number of carbonyl (C=O) groups is 2. The van der Waals surface area contributed by atoms with E-state index in [-0.39, 0.29) is 18.4 Å². The van der Waals surface area contributed by atoms with Crippen LogP contribution in [-0.2, 0) is 11.3 Å². The van der Waals surface area contributed by atoms with E-state index in [9.17, 15) is 9.59 Å². The second kappa shape index (κ2) is 5.39. The van der Waals surface area contributed by atoms with E-state index in [2.05, 4.69) is 0 Å². The summed E-state index contributed by atoms with van der Waals surface area (Å²) in [5.41, 5.74) is 1.12. The molecule has 6 heteroatoms. The zero-order chi connectivity index (χ0) is 13.1. The Bertz CT molecular complexity index is 427. The Morgan fingerprint density at radius 3 is 2.83 bits per heavy atom. The lowest BCUT2D eigenvalue weighted by Gasteiger charge is -2.40. The molecule has 98 valence electrons. The maximum absolute atomic E-state index is 12.0. The number of thiophene rings is 1. The maximum Gasteiger partial charge on any atom is 0.320 e. The fraction of sp³-hybridized carbons (Fsp3) is 0.500. The van der Waals surface area contributed by atoms with E-state index in [0.29, 0.717) is 19.6 Å². The lowest BCUT2D eigenvalue weighted by molar-refractivity contribution is -0.139. The van der Waals surface area contributed by atoms with Gasteiger partial charge in [-0.25, -0.2) is 4.79 Å². The molecule has 2 amide bonds. The minimum absolute atomic E-state index is 0.0251. The highest BCUT2D eigenvalue weighted by Gasteiger charge is 2.33. The quantitative estimate of drug-likeness (QED) is 0.904. The lowest BCUT2D eigenvalue weighted by atomic mass is 9.97. The van der Waals surface area contributed by atoms with Gasteiger partial charge in [-0.05, 0) is 22.4 Å². The van der Waals surface area contributed by atoms with Crippen LogP contribution in [0.3, 0.4) is 0 Å². The molecule has 0 bridgehead atoms. The minimum Gasteiger partial charge on any atom is -0.481 e. The number of carboxylic acids is 1. The van der Waals surface area contributed by atoms with E-state index in [0.717, 1.165) is 5.56 Å². The van der Waals surface area contributed by atoms with Crippen molar-refractivity contribution in [2.24, 2.45) is 5.92 Å². The molecule has 1 N–H and O–H groups in total. The third-order valence-electron chi connectivity index (χ3n) is 3.02. The summed E-state index contributed by atoms with van der Waals surface area (Å²) >= 11 is 1.61. The van der Waals surface area contributed by atoms with Crippen molar-refractivity contribution in [3.05, 3.63) is 22.4 Å². The summed E-state index contributed by atoms with van der Waals surface area (Å²) in [5, 5.41) is 12.6. The Morgan fingerprint density at radius 1 is 1.56 bits per heavy atom. The number of rotatable bonds is 4. The number of carbonyl (C=O) groups excluding carboxylic acids is 1. The van der Waals surface area contributed by atoms with Crippen molar-refractivity contribution in [3.63, 3.8) is 0 Å². The van der Waals surface area contributed by atoms with Gasteiger partial charge in [-0.3, -0.25) is 4.79 Å². The van der Waals surface area contributed by atoms with E-state index in [1.165, 1.54) is 0 Å². The van der Waals surface area contributed by atoms with Gasteiger partial charge in [0, 0.05) is 32.6 Å². The third kappa shape index (κ3) is 3.01. The van der Waals surface area contributed by atoms with Gasteiger partial charge in [0.05, 0.1) is 6.42 Å². The standard InChI is InChI=1S/C12H16N2O3S/c1-13(5-9-2-3-18-8-9)12(17)14-6-10(7-14)4-11(15)16/h2-3,8,10H,4-7H2,1H3,(H,15,16). The third-order valence-corrected chi connectivity index (χ3v) is 3.75. The predicted molar refractivity (Wildman–Crippen MR) is 68.5 cm³/mol. The van der Waals surface area contributed by atoms with Crippen LogP contribution in [0.1, 0.15) is 12.0 Å². The molecule has 1 fully saturated rings. The fourth-order valence-corrected chi connectivity index (χ4v) is 2.73. The molecule has 0 saturated carbocycles. The highest BCUT2D eigenvalue weighted by molar-refractivity contribution is 7.07. The molecule has 2 rings (SSSR count). The largest absolute Gasteiger partial charge is 0.481 e.